The lowest BCUT2D eigenvalue weighted by atomic mass is 9.98. The Hall–Kier alpha value is -4.76. The molecule has 296 valence electrons. The van der Waals surface area contributed by atoms with Crippen molar-refractivity contribution in [3.05, 3.63) is 114 Å². The molecule has 5 aromatic rings. The van der Waals surface area contributed by atoms with Gasteiger partial charge in [0.15, 0.2) is 6.20 Å². The topological polar surface area (TPSA) is 81.0 Å². The maximum atomic E-state index is 12.8. The van der Waals surface area contributed by atoms with Crippen LogP contribution in [0.1, 0.15) is 69.6 Å². The van der Waals surface area contributed by atoms with E-state index in [4.69, 9.17) is 4.74 Å². The van der Waals surface area contributed by atoms with Crippen LogP contribution in [0.4, 0.5) is 5.69 Å². The molecule has 3 N–H and O–H groups in total. The highest BCUT2D eigenvalue weighted by atomic mass is 16.5. The Kier molecular flexibility index (Phi) is 15.3. The average molecular weight is 757 g/mol. The summed E-state index contributed by atoms with van der Waals surface area (Å²) in [4.78, 5) is 17.6. The number of nitrogens with one attached hydrogen (secondary N) is 2. The van der Waals surface area contributed by atoms with Crippen molar-refractivity contribution in [3.8, 4) is 5.75 Å². The molecule has 1 amide bonds. The van der Waals surface area contributed by atoms with E-state index in [0.29, 0.717) is 13.0 Å². The molecular weight excluding hydrogens is 695 g/mol. The maximum absolute atomic E-state index is 12.8. The monoisotopic (exact) mass is 756 g/mol. The van der Waals surface area contributed by atoms with Gasteiger partial charge in [-0.15, -0.1) is 0 Å². The highest BCUT2D eigenvalue weighted by Crippen LogP contribution is 2.29. The van der Waals surface area contributed by atoms with Gasteiger partial charge in [0, 0.05) is 68.3 Å². The first kappa shape index (κ1) is 40.9. The van der Waals surface area contributed by atoms with Crippen LogP contribution in [0.3, 0.4) is 0 Å². The molecule has 8 heteroatoms. The zero-order valence-corrected chi connectivity index (χ0v) is 33.8. The van der Waals surface area contributed by atoms with E-state index in [2.05, 4.69) is 125 Å². The number of nitrogens with zero attached hydrogens (tertiary/aromatic N) is 3. The Bertz CT molecular complexity index is 2040. The lowest BCUT2D eigenvalue weighted by Gasteiger charge is -2.31. The fraction of sp³-hybridized carbons (Fsp3) is 0.417. The predicted octanol–water partition coefficient (Wildman–Crippen LogP) is 7.64. The van der Waals surface area contributed by atoms with Gasteiger partial charge in [-0.1, -0.05) is 80.6 Å². The van der Waals surface area contributed by atoms with Crippen LogP contribution < -0.4 is 24.8 Å². The molecule has 0 spiro atoms. The van der Waals surface area contributed by atoms with Crippen LogP contribution in [0.5, 0.6) is 5.75 Å². The molecule has 56 heavy (non-hydrogen) atoms. The molecular formula is C48H62N5O3+. The number of anilines is 1. The van der Waals surface area contributed by atoms with Crippen LogP contribution >= 0.6 is 0 Å². The maximum Gasteiger partial charge on any atom is 0.221 e. The second-order valence-electron chi connectivity index (χ2n) is 15.2. The van der Waals surface area contributed by atoms with Crippen molar-refractivity contribution in [2.45, 2.75) is 78.0 Å². The van der Waals surface area contributed by atoms with Crippen molar-refractivity contribution in [1.82, 2.24) is 15.5 Å². The summed E-state index contributed by atoms with van der Waals surface area (Å²) in [5.74, 6) is 0.948. The van der Waals surface area contributed by atoms with Crippen LogP contribution in [0, 0.1) is 0 Å². The summed E-state index contributed by atoms with van der Waals surface area (Å²) in [7, 11) is 0. The van der Waals surface area contributed by atoms with E-state index >= 15 is 0 Å². The summed E-state index contributed by atoms with van der Waals surface area (Å²) in [5.41, 5.74) is 6.21. The third-order valence-corrected chi connectivity index (χ3v) is 11.1. The third kappa shape index (κ3) is 11.4. The Balaban J connectivity index is 0.966. The van der Waals surface area contributed by atoms with Crippen molar-refractivity contribution in [1.29, 1.82) is 0 Å². The van der Waals surface area contributed by atoms with Gasteiger partial charge in [0.1, 0.15) is 25.0 Å². The SMILES string of the molecule is CCN(CC)CCCC(C)NC(=O)CCN1CCCc2cc(C=Cc3cc[n+](CCCNCC(O)COc4cccc5ccccc45)c4ccccc34)ccc21. The number of carbonyl (C=O) groups is 1. The molecule has 0 aliphatic carbocycles. The molecule has 1 aromatic heterocycles. The van der Waals surface area contributed by atoms with E-state index in [-0.39, 0.29) is 18.6 Å². The minimum Gasteiger partial charge on any atom is -0.490 e. The molecule has 4 aromatic carbocycles. The smallest absolute Gasteiger partial charge is 0.221 e. The minimum absolute atomic E-state index is 0.148. The van der Waals surface area contributed by atoms with Crippen LogP contribution in [0.25, 0.3) is 33.8 Å². The summed E-state index contributed by atoms with van der Waals surface area (Å²) in [6.07, 6.45) is 11.8. The quantitative estimate of drug-likeness (QED) is 0.0528. The number of aryl methyl sites for hydroxylation is 2. The fourth-order valence-corrected chi connectivity index (χ4v) is 7.89. The Morgan fingerprint density at radius 2 is 1.77 bits per heavy atom. The van der Waals surface area contributed by atoms with Gasteiger partial charge >= 0.3 is 0 Å². The number of hydrogen-bond donors (Lipinski definition) is 3. The van der Waals surface area contributed by atoms with Gasteiger partial charge in [-0.25, -0.2) is 0 Å². The molecule has 2 unspecified atom stereocenters. The molecule has 2 atom stereocenters. The van der Waals surface area contributed by atoms with Crippen molar-refractivity contribution in [2.75, 3.05) is 57.3 Å². The average Bonchev–Trinajstić information content (AvgIpc) is 3.23. The number of para-hydroxylation sites is 1. The van der Waals surface area contributed by atoms with Gasteiger partial charge in [0.2, 0.25) is 11.4 Å². The number of ether oxygens (including phenoxy) is 1. The van der Waals surface area contributed by atoms with E-state index in [1.54, 1.807) is 0 Å². The summed E-state index contributed by atoms with van der Waals surface area (Å²) in [5, 5.41) is 20.6. The highest BCUT2D eigenvalue weighted by Gasteiger charge is 2.19. The number of pyridine rings is 1. The van der Waals surface area contributed by atoms with Crippen LogP contribution in [0.2, 0.25) is 0 Å². The number of fused-ring (bicyclic) bond motifs is 3. The van der Waals surface area contributed by atoms with Crippen molar-refractivity contribution in [3.63, 3.8) is 0 Å². The minimum atomic E-state index is -0.590. The Labute approximate surface area is 334 Å². The second-order valence-corrected chi connectivity index (χ2v) is 15.2. The van der Waals surface area contributed by atoms with Gasteiger partial charge in [-0.3, -0.25) is 4.79 Å². The van der Waals surface area contributed by atoms with Gasteiger partial charge < -0.3 is 30.3 Å². The standard InChI is InChI=1S/C48H61N5O3/c1-4-51(5-2)29-11-14-37(3)50-48(55)27-33-52-30-12-17-41-34-38(23-25-45(41)52)22-24-40-26-32-53(46-20-9-8-18-43(40)46)31-13-28-49-35-42(54)36-56-47-21-10-16-39-15-6-7-19-44(39)47/h6-10,15-16,18-26,32,34,37,42,49,54H,4-5,11-14,17,27-31,33,35-36H2,1-3H3/p+1. The van der Waals surface area contributed by atoms with Gasteiger partial charge in [-0.05, 0) is 98.6 Å². The van der Waals surface area contributed by atoms with E-state index in [1.165, 1.54) is 33.3 Å². The van der Waals surface area contributed by atoms with Gasteiger partial charge in [0.05, 0.1) is 5.39 Å². The lowest BCUT2D eigenvalue weighted by molar-refractivity contribution is -0.671. The van der Waals surface area contributed by atoms with E-state index in [1.807, 2.05) is 30.3 Å². The number of benzene rings is 4. The fourth-order valence-electron chi connectivity index (χ4n) is 7.89. The normalized spacial score (nSPS) is 14.1. The van der Waals surface area contributed by atoms with Crippen LogP contribution in [0.15, 0.2) is 97.2 Å². The van der Waals surface area contributed by atoms with E-state index in [0.717, 1.165) is 94.4 Å². The zero-order chi connectivity index (χ0) is 39.1. The highest BCUT2D eigenvalue weighted by molar-refractivity contribution is 5.89. The van der Waals surface area contributed by atoms with Crippen LogP contribution in [-0.2, 0) is 17.8 Å². The first-order valence-electron chi connectivity index (χ1n) is 20.9. The first-order chi connectivity index (χ1) is 27.4. The molecule has 0 bridgehead atoms. The van der Waals surface area contributed by atoms with Crippen molar-refractivity contribution < 1.29 is 19.2 Å². The molecule has 6 rings (SSSR count). The molecule has 8 nitrogen and oxygen atoms in total. The summed E-state index contributed by atoms with van der Waals surface area (Å²) in [6.45, 7) is 13.9. The number of aliphatic hydroxyl groups is 1. The Morgan fingerprint density at radius 3 is 2.62 bits per heavy atom. The number of aliphatic hydroxyl groups excluding tert-OH is 1. The third-order valence-electron chi connectivity index (χ3n) is 11.1. The molecule has 1 aliphatic rings. The largest absolute Gasteiger partial charge is 0.490 e. The molecule has 0 radical (unpaired) electrons. The van der Waals surface area contributed by atoms with Crippen molar-refractivity contribution in [2.24, 2.45) is 0 Å². The second kappa shape index (κ2) is 21.0. The summed E-state index contributed by atoms with van der Waals surface area (Å²) in [6, 6.07) is 31.9. The van der Waals surface area contributed by atoms with Crippen LogP contribution in [-0.4, -0.2) is 80.5 Å². The molecule has 2 heterocycles. The van der Waals surface area contributed by atoms with E-state index < -0.39 is 6.10 Å². The number of carbonyl (C=O) groups excluding carboxylic acids is 1. The van der Waals surface area contributed by atoms with E-state index in [9.17, 15) is 9.90 Å². The summed E-state index contributed by atoms with van der Waals surface area (Å²) < 4.78 is 8.29. The predicted molar refractivity (Wildman–Crippen MR) is 232 cm³/mol. The Morgan fingerprint density at radius 1 is 0.964 bits per heavy atom. The molecule has 0 saturated carbocycles. The summed E-state index contributed by atoms with van der Waals surface area (Å²) >= 11 is 0. The molecule has 1 aliphatic heterocycles. The van der Waals surface area contributed by atoms with Gasteiger partial charge in [0.25, 0.3) is 0 Å². The van der Waals surface area contributed by atoms with Crippen molar-refractivity contribution >= 4 is 45.4 Å². The number of amides is 1. The zero-order valence-electron chi connectivity index (χ0n) is 33.8. The lowest BCUT2D eigenvalue weighted by Crippen LogP contribution is -2.37. The molecule has 0 saturated heterocycles. The van der Waals surface area contributed by atoms with Gasteiger partial charge in [-0.2, -0.15) is 4.57 Å². The first-order valence-corrected chi connectivity index (χ1v) is 20.9. The molecule has 0 fully saturated rings. The number of hydrogen-bond acceptors (Lipinski definition) is 6. The number of aromatic nitrogens is 1. The number of rotatable bonds is 21.